The minimum Gasteiger partial charge on any atom is -0.486 e. The Morgan fingerprint density at radius 2 is 1.63 bits per heavy atom. The van der Waals surface area contributed by atoms with Gasteiger partial charge >= 0.3 is 0 Å². The van der Waals surface area contributed by atoms with Gasteiger partial charge in [-0.1, -0.05) is 67.1 Å². The monoisotopic (exact) mass is 627 g/mol. The highest BCUT2D eigenvalue weighted by Gasteiger charge is 2.34. The van der Waals surface area contributed by atoms with Crippen LogP contribution in [-0.4, -0.2) is 62.7 Å². The number of amides is 2. The highest BCUT2D eigenvalue weighted by molar-refractivity contribution is 7.92. The molecular formula is C32H38ClN3O6S. The topological polar surface area (TPSA) is 105 Å². The van der Waals surface area contributed by atoms with Gasteiger partial charge in [0.2, 0.25) is 21.8 Å². The van der Waals surface area contributed by atoms with Gasteiger partial charge in [0.05, 0.1) is 11.4 Å². The van der Waals surface area contributed by atoms with E-state index in [1.807, 2.05) is 44.2 Å². The third-order valence-corrected chi connectivity index (χ3v) is 9.47. The summed E-state index contributed by atoms with van der Waals surface area (Å²) in [6.45, 7) is 5.57. The molecule has 11 heteroatoms. The lowest BCUT2D eigenvalue weighted by molar-refractivity contribution is -0.140. The van der Waals surface area contributed by atoms with E-state index in [4.69, 9.17) is 21.1 Å². The van der Waals surface area contributed by atoms with Gasteiger partial charge in [-0.05, 0) is 49.6 Å². The zero-order valence-electron chi connectivity index (χ0n) is 24.7. The van der Waals surface area contributed by atoms with Crippen LogP contribution < -0.4 is 19.1 Å². The molecule has 0 radical (unpaired) electrons. The van der Waals surface area contributed by atoms with E-state index in [0.717, 1.165) is 9.87 Å². The third-order valence-electron chi connectivity index (χ3n) is 7.36. The number of rotatable bonds is 13. The van der Waals surface area contributed by atoms with Crippen LogP contribution in [0.3, 0.4) is 0 Å². The SMILES string of the molecule is CCC(C)NC(=O)C(Cc1ccccc1)N(Cc1ccccc1Cl)C(=O)CN(c1ccc2c(c1)OCCO2)S(=O)(=O)CC. The van der Waals surface area contributed by atoms with Crippen LogP contribution in [0.1, 0.15) is 38.3 Å². The van der Waals surface area contributed by atoms with E-state index in [-0.39, 0.29) is 36.4 Å². The van der Waals surface area contributed by atoms with Crippen LogP contribution in [0.5, 0.6) is 11.5 Å². The molecule has 3 aromatic carbocycles. The molecule has 2 atom stereocenters. The summed E-state index contributed by atoms with van der Waals surface area (Å²) in [5.74, 6) is -0.216. The molecule has 1 aliphatic rings. The van der Waals surface area contributed by atoms with Gasteiger partial charge in [-0.25, -0.2) is 8.42 Å². The Morgan fingerprint density at radius 3 is 2.30 bits per heavy atom. The first kappa shape index (κ1) is 32.2. The number of carbonyl (C=O) groups is 2. The maximum absolute atomic E-state index is 14.3. The highest BCUT2D eigenvalue weighted by atomic mass is 35.5. The van der Waals surface area contributed by atoms with E-state index in [9.17, 15) is 18.0 Å². The lowest BCUT2D eigenvalue weighted by atomic mass is 10.0. The molecule has 0 saturated heterocycles. The molecule has 1 aliphatic heterocycles. The van der Waals surface area contributed by atoms with E-state index in [0.29, 0.717) is 41.7 Å². The summed E-state index contributed by atoms with van der Waals surface area (Å²) in [6.07, 6.45) is 0.929. The number of sulfonamides is 1. The first-order chi connectivity index (χ1) is 20.6. The predicted octanol–water partition coefficient (Wildman–Crippen LogP) is 4.82. The van der Waals surface area contributed by atoms with Gasteiger partial charge < -0.3 is 19.7 Å². The molecular weight excluding hydrogens is 590 g/mol. The number of carbonyl (C=O) groups excluding carboxylic acids is 2. The van der Waals surface area contributed by atoms with Gasteiger partial charge in [0, 0.05) is 30.1 Å². The van der Waals surface area contributed by atoms with Gasteiger partial charge in [-0.15, -0.1) is 0 Å². The third kappa shape index (κ3) is 8.20. The van der Waals surface area contributed by atoms with Gasteiger partial charge in [0.25, 0.3) is 0 Å². The molecule has 0 spiro atoms. The van der Waals surface area contributed by atoms with Crippen LogP contribution in [-0.2, 0) is 32.6 Å². The first-order valence-corrected chi connectivity index (χ1v) is 16.4. The van der Waals surface area contributed by atoms with Gasteiger partial charge in [0.1, 0.15) is 25.8 Å². The van der Waals surface area contributed by atoms with Crippen molar-refractivity contribution in [2.24, 2.45) is 0 Å². The number of halogens is 1. The first-order valence-electron chi connectivity index (χ1n) is 14.4. The molecule has 0 aromatic heterocycles. The summed E-state index contributed by atoms with van der Waals surface area (Å²) in [4.78, 5) is 29.6. The summed E-state index contributed by atoms with van der Waals surface area (Å²) in [5.41, 5.74) is 1.76. The average molecular weight is 628 g/mol. The second-order valence-electron chi connectivity index (χ2n) is 10.4. The number of benzene rings is 3. The van der Waals surface area contributed by atoms with Crippen molar-refractivity contribution in [1.82, 2.24) is 10.2 Å². The minimum atomic E-state index is -3.91. The number of nitrogens with zero attached hydrogens (tertiary/aromatic N) is 2. The summed E-state index contributed by atoms with van der Waals surface area (Å²) in [6, 6.07) is 20.2. The van der Waals surface area contributed by atoms with Gasteiger partial charge in [-0.3, -0.25) is 13.9 Å². The Labute approximate surface area is 258 Å². The number of ether oxygens (including phenoxy) is 2. The van der Waals surface area contributed by atoms with E-state index in [2.05, 4.69) is 5.32 Å². The van der Waals surface area contributed by atoms with Crippen molar-refractivity contribution in [1.29, 1.82) is 0 Å². The Balaban J connectivity index is 1.76. The maximum Gasteiger partial charge on any atom is 0.244 e. The zero-order chi connectivity index (χ0) is 31.0. The molecule has 0 aliphatic carbocycles. The molecule has 3 aromatic rings. The van der Waals surface area contributed by atoms with Crippen molar-refractivity contribution in [3.63, 3.8) is 0 Å². The largest absolute Gasteiger partial charge is 0.486 e. The summed E-state index contributed by atoms with van der Waals surface area (Å²) >= 11 is 6.52. The Kier molecular flexibility index (Phi) is 10.9. The molecule has 43 heavy (non-hydrogen) atoms. The predicted molar refractivity (Wildman–Crippen MR) is 168 cm³/mol. The van der Waals surface area contributed by atoms with Crippen molar-refractivity contribution in [3.05, 3.63) is 88.9 Å². The fourth-order valence-corrected chi connectivity index (χ4v) is 5.96. The van der Waals surface area contributed by atoms with Crippen LogP contribution in [0.25, 0.3) is 0 Å². The van der Waals surface area contributed by atoms with Crippen LogP contribution >= 0.6 is 11.6 Å². The number of hydrogen-bond acceptors (Lipinski definition) is 6. The van der Waals surface area contributed by atoms with Crippen molar-refractivity contribution in [2.45, 2.75) is 52.2 Å². The van der Waals surface area contributed by atoms with Gasteiger partial charge in [-0.2, -0.15) is 0 Å². The standard InChI is InChI=1S/C32H38ClN3O6S/c1-4-23(3)34-32(38)28(19-24-11-7-6-8-12-24)35(21-25-13-9-10-14-27(25)33)31(37)22-36(43(39,40)5-2)26-15-16-29-30(20-26)42-18-17-41-29/h6-16,20,23,28H,4-5,17-19,21-22H2,1-3H3,(H,34,38). The number of fused-ring (bicyclic) bond motifs is 1. The van der Waals surface area contributed by atoms with E-state index in [1.165, 1.54) is 11.8 Å². The number of hydrogen-bond donors (Lipinski definition) is 1. The van der Waals surface area contributed by atoms with E-state index in [1.54, 1.807) is 42.5 Å². The molecule has 0 saturated carbocycles. The molecule has 2 unspecified atom stereocenters. The molecule has 230 valence electrons. The summed E-state index contributed by atoms with van der Waals surface area (Å²) in [7, 11) is -3.91. The van der Waals surface area contributed by atoms with Crippen LogP contribution in [0.15, 0.2) is 72.8 Å². The molecule has 0 fully saturated rings. The maximum atomic E-state index is 14.3. The molecule has 2 amide bonds. The molecule has 4 rings (SSSR count). The fourth-order valence-electron chi connectivity index (χ4n) is 4.71. The van der Waals surface area contributed by atoms with E-state index >= 15 is 0 Å². The van der Waals surface area contributed by atoms with Crippen molar-refractivity contribution < 1.29 is 27.5 Å². The smallest absolute Gasteiger partial charge is 0.244 e. The van der Waals surface area contributed by atoms with Crippen LogP contribution in [0, 0.1) is 0 Å². The van der Waals surface area contributed by atoms with Crippen molar-refractivity contribution in [2.75, 3.05) is 29.8 Å². The lowest BCUT2D eigenvalue weighted by Crippen LogP contribution is -2.54. The van der Waals surface area contributed by atoms with Crippen LogP contribution in [0.2, 0.25) is 5.02 Å². The number of nitrogens with one attached hydrogen (secondary N) is 1. The normalized spacial score (nSPS) is 14.0. The summed E-state index contributed by atoms with van der Waals surface area (Å²) < 4.78 is 39.1. The quantitative estimate of drug-likeness (QED) is 0.291. The molecule has 0 bridgehead atoms. The average Bonchev–Trinajstić information content (AvgIpc) is 3.02. The lowest BCUT2D eigenvalue weighted by Gasteiger charge is -2.34. The van der Waals surface area contributed by atoms with E-state index < -0.39 is 28.5 Å². The zero-order valence-corrected chi connectivity index (χ0v) is 26.2. The van der Waals surface area contributed by atoms with Crippen molar-refractivity contribution in [3.8, 4) is 11.5 Å². The Morgan fingerprint density at radius 1 is 0.953 bits per heavy atom. The Bertz CT molecular complexity index is 1520. The second-order valence-corrected chi connectivity index (χ2v) is 13.0. The Hall–Kier alpha value is -3.76. The fraction of sp³-hybridized carbons (Fsp3) is 0.375. The highest BCUT2D eigenvalue weighted by Crippen LogP contribution is 2.35. The van der Waals surface area contributed by atoms with Crippen LogP contribution in [0.4, 0.5) is 5.69 Å². The van der Waals surface area contributed by atoms with Crippen molar-refractivity contribution >= 4 is 39.1 Å². The summed E-state index contributed by atoms with van der Waals surface area (Å²) in [5, 5.41) is 3.45. The molecule has 1 N–H and O–H groups in total. The number of anilines is 1. The molecule has 9 nitrogen and oxygen atoms in total. The molecule has 1 heterocycles. The van der Waals surface area contributed by atoms with Gasteiger partial charge in [0.15, 0.2) is 11.5 Å². The second kappa shape index (κ2) is 14.6. The minimum absolute atomic E-state index is 0.00504.